The molecule has 0 bridgehead atoms. The number of nitrogens with zero attached hydrogens (tertiary/aromatic N) is 2. The second kappa shape index (κ2) is 9.79. The van der Waals surface area contributed by atoms with E-state index in [4.69, 9.17) is 0 Å². The maximum Gasteiger partial charge on any atom is 0.254 e. The third-order valence-electron chi connectivity index (χ3n) is 9.34. The lowest BCUT2D eigenvalue weighted by atomic mass is 9.69. The molecule has 40 heavy (non-hydrogen) atoms. The number of anilines is 1. The van der Waals surface area contributed by atoms with Gasteiger partial charge in [0.2, 0.25) is 0 Å². The normalized spacial score (nSPS) is 21.1. The number of rotatable bonds is 3. The Morgan fingerprint density at radius 3 is 2.35 bits per heavy atom. The lowest BCUT2D eigenvalue weighted by Gasteiger charge is -2.51. The molecule has 1 aliphatic heterocycles. The Bertz CT molecular complexity index is 1550. The van der Waals surface area contributed by atoms with Gasteiger partial charge in [-0.05, 0) is 84.4 Å². The van der Waals surface area contributed by atoms with Crippen LogP contribution in [-0.4, -0.2) is 36.4 Å². The smallest absolute Gasteiger partial charge is 0.254 e. The van der Waals surface area contributed by atoms with E-state index in [1.807, 2.05) is 37.2 Å². The molecule has 6 rings (SSSR count). The molecule has 1 aliphatic carbocycles. The maximum atomic E-state index is 14.9. The summed E-state index contributed by atoms with van der Waals surface area (Å²) in [7, 11) is 3.82. The predicted molar refractivity (Wildman–Crippen MR) is 162 cm³/mol. The molecule has 0 saturated heterocycles. The van der Waals surface area contributed by atoms with Crippen molar-refractivity contribution in [2.24, 2.45) is 0 Å². The number of carbonyl (C=O) groups is 1. The molecular weight excluding hydrogens is 497 g/mol. The third-order valence-corrected chi connectivity index (χ3v) is 9.34. The van der Waals surface area contributed by atoms with E-state index in [0.717, 1.165) is 48.7 Å². The molecular formula is C35H40FN3O. The largest absolute Gasteiger partial charge is 0.375 e. The summed E-state index contributed by atoms with van der Waals surface area (Å²) in [5.74, 6) is 0.174. The van der Waals surface area contributed by atoms with Gasteiger partial charge in [0.1, 0.15) is 5.82 Å². The van der Waals surface area contributed by atoms with Gasteiger partial charge >= 0.3 is 0 Å². The summed E-state index contributed by atoms with van der Waals surface area (Å²) in [6, 6.07) is 22.2. The first-order valence-electron chi connectivity index (χ1n) is 14.6. The molecule has 1 saturated carbocycles. The van der Waals surface area contributed by atoms with Gasteiger partial charge in [-0.2, -0.15) is 0 Å². The molecule has 1 N–H and O–H groups in total. The van der Waals surface area contributed by atoms with Gasteiger partial charge in [-0.15, -0.1) is 0 Å². The summed E-state index contributed by atoms with van der Waals surface area (Å²) in [5.41, 5.74) is 7.04. The Balaban J connectivity index is 1.39. The summed E-state index contributed by atoms with van der Waals surface area (Å²) in [5, 5.41) is 1.26. The highest BCUT2D eigenvalue weighted by molar-refractivity contribution is 5.96. The van der Waals surface area contributed by atoms with Crippen molar-refractivity contribution in [2.45, 2.75) is 69.7 Å². The van der Waals surface area contributed by atoms with Crippen LogP contribution in [0.1, 0.15) is 85.1 Å². The van der Waals surface area contributed by atoms with Gasteiger partial charge in [0, 0.05) is 42.8 Å². The van der Waals surface area contributed by atoms with Crippen LogP contribution in [0.25, 0.3) is 10.9 Å². The Hall–Kier alpha value is -3.60. The maximum absolute atomic E-state index is 14.9. The number of hydrogen-bond acceptors (Lipinski definition) is 2. The SMILES string of the molecule is CN(C)c1c(F)cccc1C1CCC2(CC1)c1[nH]c3ccccc3c1CCN2C(=O)c1ccc(C(C)(C)C)cc1. The molecule has 1 spiro atoms. The van der Waals surface area contributed by atoms with Crippen molar-refractivity contribution in [3.8, 4) is 0 Å². The minimum absolute atomic E-state index is 0.0356. The lowest BCUT2D eigenvalue weighted by Crippen LogP contribution is -2.55. The minimum atomic E-state index is -0.408. The van der Waals surface area contributed by atoms with Crippen molar-refractivity contribution >= 4 is 22.5 Å². The third kappa shape index (κ3) is 4.31. The molecule has 3 aromatic carbocycles. The van der Waals surface area contributed by atoms with Crippen molar-refractivity contribution in [1.82, 2.24) is 9.88 Å². The Morgan fingerprint density at radius 1 is 0.975 bits per heavy atom. The fourth-order valence-corrected chi connectivity index (χ4v) is 7.25. The highest BCUT2D eigenvalue weighted by Gasteiger charge is 2.49. The molecule has 1 fully saturated rings. The number of aromatic nitrogens is 1. The van der Waals surface area contributed by atoms with E-state index >= 15 is 0 Å². The summed E-state index contributed by atoms with van der Waals surface area (Å²) < 4.78 is 14.9. The highest BCUT2D eigenvalue weighted by Crippen LogP contribution is 2.52. The molecule has 4 nitrogen and oxygen atoms in total. The first-order valence-corrected chi connectivity index (χ1v) is 14.6. The monoisotopic (exact) mass is 537 g/mol. The summed E-state index contributed by atoms with van der Waals surface area (Å²) >= 11 is 0. The van der Waals surface area contributed by atoms with E-state index in [2.05, 4.69) is 73.1 Å². The number of aromatic amines is 1. The van der Waals surface area contributed by atoms with E-state index in [0.29, 0.717) is 12.2 Å². The number of nitrogens with one attached hydrogen (secondary N) is 1. The highest BCUT2D eigenvalue weighted by atomic mass is 19.1. The van der Waals surface area contributed by atoms with E-state index < -0.39 is 5.54 Å². The van der Waals surface area contributed by atoms with Crippen molar-refractivity contribution in [2.75, 3.05) is 25.5 Å². The average Bonchev–Trinajstić information content (AvgIpc) is 3.33. The predicted octanol–water partition coefficient (Wildman–Crippen LogP) is 7.92. The zero-order valence-corrected chi connectivity index (χ0v) is 24.4. The number of benzene rings is 3. The molecule has 4 aromatic rings. The Labute approximate surface area is 237 Å². The van der Waals surface area contributed by atoms with Crippen LogP contribution in [0, 0.1) is 5.82 Å². The molecule has 208 valence electrons. The summed E-state index contributed by atoms with van der Waals surface area (Å²) in [6.45, 7) is 7.28. The van der Waals surface area contributed by atoms with Crippen molar-refractivity contribution in [3.63, 3.8) is 0 Å². The first-order chi connectivity index (χ1) is 19.1. The number of halogens is 1. The van der Waals surface area contributed by atoms with Gasteiger partial charge in [-0.1, -0.05) is 63.2 Å². The van der Waals surface area contributed by atoms with Crippen LogP contribution >= 0.6 is 0 Å². The average molecular weight is 538 g/mol. The fraction of sp³-hybridized carbons (Fsp3) is 0.400. The quantitative estimate of drug-likeness (QED) is 0.288. The van der Waals surface area contributed by atoms with Gasteiger partial charge in [0.15, 0.2) is 0 Å². The van der Waals surface area contributed by atoms with E-state index in [-0.39, 0.29) is 23.1 Å². The Morgan fingerprint density at radius 2 is 1.68 bits per heavy atom. The van der Waals surface area contributed by atoms with Gasteiger partial charge in [-0.3, -0.25) is 4.79 Å². The molecule has 2 aliphatic rings. The molecule has 2 heterocycles. The second-order valence-electron chi connectivity index (χ2n) is 12.9. The van der Waals surface area contributed by atoms with Crippen LogP contribution in [0.3, 0.4) is 0 Å². The van der Waals surface area contributed by atoms with Gasteiger partial charge in [-0.25, -0.2) is 4.39 Å². The first kappa shape index (κ1) is 26.6. The number of para-hydroxylation sites is 2. The van der Waals surface area contributed by atoms with Gasteiger partial charge in [0.05, 0.1) is 11.2 Å². The van der Waals surface area contributed by atoms with Crippen LogP contribution in [-0.2, 0) is 17.4 Å². The fourth-order valence-electron chi connectivity index (χ4n) is 7.25. The van der Waals surface area contributed by atoms with Crippen LogP contribution in [0.4, 0.5) is 10.1 Å². The molecule has 5 heteroatoms. The van der Waals surface area contributed by atoms with Gasteiger partial charge in [0.25, 0.3) is 5.91 Å². The van der Waals surface area contributed by atoms with Crippen LogP contribution in [0.2, 0.25) is 0 Å². The number of H-pyrrole nitrogens is 1. The summed E-state index contributed by atoms with van der Waals surface area (Å²) in [4.78, 5) is 22.1. The standard InChI is InChI=1S/C35H40FN3O/c1-34(2,3)25-15-13-24(14-16-25)33(40)39-22-19-28-27-9-6-7-12-30(27)37-32(28)35(39)20-17-23(18-21-35)26-10-8-11-29(36)31(26)38(4)5/h6-16,23,37H,17-22H2,1-5H3. The zero-order valence-electron chi connectivity index (χ0n) is 24.4. The summed E-state index contributed by atoms with van der Waals surface area (Å²) in [6.07, 6.45) is 4.31. The zero-order chi connectivity index (χ0) is 28.2. The van der Waals surface area contributed by atoms with Crippen molar-refractivity contribution in [3.05, 3.63) is 100 Å². The second-order valence-corrected chi connectivity index (χ2v) is 12.9. The topological polar surface area (TPSA) is 39.3 Å². The van der Waals surface area contributed by atoms with Crippen LogP contribution < -0.4 is 4.90 Å². The van der Waals surface area contributed by atoms with E-state index in [1.165, 1.54) is 22.2 Å². The molecule has 0 atom stereocenters. The molecule has 1 aromatic heterocycles. The van der Waals surface area contributed by atoms with Crippen LogP contribution in [0.15, 0.2) is 66.7 Å². The Kier molecular flexibility index (Phi) is 6.52. The molecule has 1 amide bonds. The van der Waals surface area contributed by atoms with E-state index in [9.17, 15) is 9.18 Å². The molecule has 0 radical (unpaired) electrons. The van der Waals surface area contributed by atoms with Crippen molar-refractivity contribution < 1.29 is 9.18 Å². The van der Waals surface area contributed by atoms with Crippen molar-refractivity contribution in [1.29, 1.82) is 0 Å². The number of hydrogen-bond donors (Lipinski definition) is 1. The lowest BCUT2D eigenvalue weighted by molar-refractivity contribution is 0.0226. The number of fused-ring (bicyclic) bond motifs is 4. The molecule has 0 unspecified atom stereocenters. The minimum Gasteiger partial charge on any atom is -0.375 e. The van der Waals surface area contributed by atoms with Gasteiger partial charge < -0.3 is 14.8 Å². The number of carbonyl (C=O) groups excluding carboxylic acids is 1. The van der Waals surface area contributed by atoms with Crippen LogP contribution in [0.5, 0.6) is 0 Å². The number of amides is 1. The van der Waals surface area contributed by atoms with E-state index in [1.54, 1.807) is 6.07 Å².